The number of oxazole rings is 1. The number of rotatable bonds is 4. The van der Waals surface area contributed by atoms with Crippen molar-refractivity contribution in [3.8, 4) is 0 Å². The summed E-state index contributed by atoms with van der Waals surface area (Å²) in [5, 5.41) is 0. The number of sulfonamides is 1. The van der Waals surface area contributed by atoms with Crippen molar-refractivity contribution < 1.29 is 30.4 Å². The first-order valence-electron chi connectivity index (χ1n) is 8.34. The van der Waals surface area contributed by atoms with E-state index in [2.05, 4.69) is 4.72 Å². The second-order valence-electron chi connectivity index (χ2n) is 6.19. The van der Waals surface area contributed by atoms with Crippen molar-refractivity contribution in [2.24, 2.45) is 0 Å². The van der Waals surface area contributed by atoms with Gasteiger partial charge in [-0.3, -0.25) is 4.72 Å². The van der Waals surface area contributed by atoms with E-state index < -0.39 is 20.1 Å². The third-order valence-corrected chi connectivity index (χ3v) is 5.27. The highest BCUT2D eigenvalue weighted by molar-refractivity contribution is 7.92. The molecule has 1 N–H and O–H groups in total. The smallest absolute Gasteiger partial charge is 0.344 e. The Morgan fingerprint density at radius 2 is 1.64 bits per heavy atom. The number of fused-ring (bicyclic) bond motifs is 1. The molecule has 28 heavy (non-hydrogen) atoms. The Labute approximate surface area is 164 Å². The number of hydrogen-bond acceptors (Lipinski definition) is 6. The number of benzene rings is 2. The van der Waals surface area contributed by atoms with Crippen LogP contribution in [0.1, 0.15) is 18.4 Å². The zero-order valence-corrected chi connectivity index (χ0v) is 17.6. The van der Waals surface area contributed by atoms with Gasteiger partial charge in [-0.1, -0.05) is 17.7 Å². The Morgan fingerprint density at radius 3 is 2.14 bits per heavy atom. The molecule has 0 aliphatic rings. The molecule has 8 nitrogen and oxygen atoms in total. The quantitative estimate of drug-likeness (QED) is 0.505. The minimum Gasteiger partial charge on any atom is -0.744 e. The van der Waals surface area contributed by atoms with Crippen LogP contribution in [0.15, 0.2) is 51.8 Å². The van der Waals surface area contributed by atoms with Gasteiger partial charge in [-0.05, 0) is 32.0 Å². The molecule has 0 saturated carbocycles. The summed E-state index contributed by atoms with van der Waals surface area (Å²) in [7, 11) is -7.52. The molecule has 0 bridgehead atoms. The summed E-state index contributed by atoms with van der Waals surface area (Å²) in [6, 6.07) is 11.0. The van der Waals surface area contributed by atoms with Crippen LogP contribution in [0.3, 0.4) is 0 Å². The first kappa shape index (κ1) is 21.9. The van der Waals surface area contributed by atoms with Crippen molar-refractivity contribution >= 4 is 36.9 Å². The van der Waals surface area contributed by atoms with Gasteiger partial charge in [0.15, 0.2) is 0 Å². The minimum atomic E-state index is -4.27. The van der Waals surface area contributed by atoms with Crippen molar-refractivity contribution in [2.75, 3.05) is 11.0 Å². The van der Waals surface area contributed by atoms with Crippen molar-refractivity contribution in [3.63, 3.8) is 0 Å². The molecule has 1 aromatic heterocycles. The number of anilines is 1. The fourth-order valence-electron chi connectivity index (χ4n) is 2.58. The Bertz CT molecular complexity index is 1180. The predicted octanol–water partition coefficient (Wildman–Crippen LogP) is 2.32. The molecule has 0 aliphatic carbocycles. The van der Waals surface area contributed by atoms with Crippen LogP contribution in [0.5, 0.6) is 0 Å². The van der Waals surface area contributed by atoms with E-state index in [9.17, 15) is 21.4 Å². The molecular weight excluding hydrogens is 404 g/mol. The third-order valence-electron chi connectivity index (χ3n) is 3.82. The second kappa shape index (κ2) is 8.29. The van der Waals surface area contributed by atoms with E-state index in [4.69, 9.17) is 4.42 Å². The summed E-state index contributed by atoms with van der Waals surface area (Å²) in [5.74, 6) is 0.805. The van der Waals surface area contributed by atoms with Gasteiger partial charge in [0.25, 0.3) is 5.52 Å². The first-order valence-corrected chi connectivity index (χ1v) is 11.6. The zero-order chi connectivity index (χ0) is 21.1. The van der Waals surface area contributed by atoms with Crippen LogP contribution in [0.4, 0.5) is 5.69 Å². The number of hydrogen-bond donors (Lipinski definition) is 1. The monoisotopic (exact) mass is 426 g/mol. The van der Waals surface area contributed by atoms with Gasteiger partial charge >= 0.3 is 5.89 Å². The summed E-state index contributed by atoms with van der Waals surface area (Å²) >= 11 is 0. The summed E-state index contributed by atoms with van der Waals surface area (Å²) in [6.07, 6.45) is 1.12. The van der Waals surface area contributed by atoms with E-state index in [1.165, 1.54) is 12.1 Å². The Hall–Kier alpha value is -2.43. The Balaban J connectivity index is 0.000000221. The second-order valence-corrected chi connectivity index (χ2v) is 9.32. The van der Waals surface area contributed by atoms with E-state index in [0.29, 0.717) is 11.3 Å². The van der Waals surface area contributed by atoms with Gasteiger partial charge in [-0.25, -0.2) is 16.8 Å². The van der Waals surface area contributed by atoms with Crippen molar-refractivity contribution in [1.29, 1.82) is 0 Å². The highest BCUT2D eigenvalue weighted by Gasteiger charge is 2.17. The van der Waals surface area contributed by atoms with E-state index in [-0.39, 0.29) is 4.90 Å². The summed E-state index contributed by atoms with van der Waals surface area (Å²) in [5.41, 5.74) is 3.08. The van der Waals surface area contributed by atoms with Gasteiger partial charge in [0.1, 0.15) is 16.7 Å². The van der Waals surface area contributed by atoms with Gasteiger partial charge in [-0.15, -0.1) is 0 Å². The molecule has 3 aromatic rings. The number of aromatic nitrogens is 1. The van der Waals surface area contributed by atoms with E-state index in [0.717, 1.165) is 29.8 Å². The maximum atomic E-state index is 11.1. The van der Waals surface area contributed by atoms with Crippen LogP contribution < -0.4 is 9.29 Å². The van der Waals surface area contributed by atoms with Crippen LogP contribution in [0, 0.1) is 13.8 Å². The fourth-order valence-corrected chi connectivity index (χ4v) is 3.60. The zero-order valence-electron chi connectivity index (χ0n) is 16.0. The first-order chi connectivity index (χ1) is 12.9. The van der Waals surface area contributed by atoms with Crippen LogP contribution >= 0.6 is 0 Å². The molecule has 0 radical (unpaired) electrons. The third kappa shape index (κ3) is 5.78. The molecule has 1 heterocycles. The van der Waals surface area contributed by atoms with Gasteiger partial charge in [0.05, 0.1) is 23.8 Å². The summed E-state index contributed by atoms with van der Waals surface area (Å²) in [6.45, 7) is 6.55. The number of nitrogens with one attached hydrogen (secondary N) is 1. The SMILES string of the molecule is CC[n+]1c(C)oc2cc(NS(C)(=O)=O)ccc21.Cc1ccc(S(=O)(=O)[O-])cc1. The maximum absolute atomic E-state index is 11.1. The van der Waals surface area contributed by atoms with Crippen LogP contribution in [-0.2, 0) is 26.7 Å². The summed E-state index contributed by atoms with van der Waals surface area (Å²) < 4.78 is 63.4. The van der Waals surface area contributed by atoms with Crippen LogP contribution in [-0.4, -0.2) is 27.6 Å². The topological polar surface area (TPSA) is 120 Å². The average molecular weight is 427 g/mol. The molecule has 2 aromatic carbocycles. The molecular formula is C18H22N2O6S2. The lowest BCUT2D eigenvalue weighted by molar-refractivity contribution is -0.679. The predicted molar refractivity (Wildman–Crippen MR) is 104 cm³/mol. The lowest BCUT2D eigenvalue weighted by Gasteiger charge is -2.05. The lowest BCUT2D eigenvalue weighted by Crippen LogP contribution is -2.33. The van der Waals surface area contributed by atoms with Gasteiger partial charge in [0.2, 0.25) is 15.6 Å². The van der Waals surface area contributed by atoms with Gasteiger partial charge < -0.3 is 8.97 Å². The number of nitrogens with zero attached hydrogens (tertiary/aromatic N) is 1. The van der Waals surface area contributed by atoms with Crippen LogP contribution in [0.25, 0.3) is 11.1 Å². The van der Waals surface area contributed by atoms with E-state index in [1.54, 1.807) is 24.3 Å². The van der Waals surface area contributed by atoms with E-state index in [1.807, 2.05) is 31.4 Å². The lowest BCUT2D eigenvalue weighted by atomic mass is 10.2. The summed E-state index contributed by atoms with van der Waals surface area (Å²) in [4.78, 5) is -0.178. The molecule has 10 heteroatoms. The highest BCUT2D eigenvalue weighted by Crippen LogP contribution is 2.19. The minimum absolute atomic E-state index is 0.178. The normalized spacial score (nSPS) is 11.8. The Kier molecular flexibility index (Phi) is 6.48. The van der Waals surface area contributed by atoms with E-state index >= 15 is 0 Å². The standard InChI is InChI=1S/C11H15N2O3S.C7H8O3S/c1-4-13-8(2)16-11-7-9(5-6-10(11)13)12-17(3,14)15;1-6-2-4-7(5-3-6)11(8,9)10/h5-7,12H,4H2,1-3H3;2-5H,1H3,(H,8,9,10)/q+1;/p-1. The Morgan fingerprint density at radius 1 is 1.04 bits per heavy atom. The van der Waals surface area contributed by atoms with Gasteiger partial charge in [-0.2, -0.15) is 4.57 Å². The molecule has 0 amide bonds. The largest absolute Gasteiger partial charge is 0.744 e. The van der Waals surface area contributed by atoms with Crippen molar-refractivity contribution in [1.82, 2.24) is 0 Å². The van der Waals surface area contributed by atoms with Crippen molar-refractivity contribution in [2.45, 2.75) is 32.2 Å². The maximum Gasteiger partial charge on any atom is 0.344 e. The molecule has 0 unspecified atom stereocenters. The molecule has 0 aliphatic heterocycles. The average Bonchev–Trinajstić information content (AvgIpc) is 2.87. The van der Waals surface area contributed by atoms with Crippen molar-refractivity contribution in [3.05, 3.63) is 53.9 Å². The highest BCUT2D eigenvalue weighted by atomic mass is 32.2. The molecule has 0 spiro atoms. The molecule has 0 atom stereocenters. The molecule has 0 saturated heterocycles. The fraction of sp³-hybridized carbons (Fsp3) is 0.278. The molecule has 152 valence electrons. The molecule has 3 rings (SSSR count). The molecule has 0 fully saturated rings. The van der Waals surface area contributed by atoms with Crippen LogP contribution in [0.2, 0.25) is 0 Å². The van der Waals surface area contributed by atoms with Gasteiger partial charge in [0, 0.05) is 12.1 Å². The number of aryl methyl sites for hydroxylation is 3.